The number of aromatic nitrogens is 2. The molecule has 0 saturated heterocycles. The van der Waals surface area contributed by atoms with Gasteiger partial charge in [0.1, 0.15) is 0 Å². The molecule has 0 aliphatic rings. The maximum atomic E-state index is 11.8. The Morgan fingerprint density at radius 3 is 3.07 bits per heavy atom. The van der Waals surface area contributed by atoms with E-state index in [9.17, 15) is 4.39 Å². The molecule has 14 heavy (non-hydrogen) atoms. The van der Waals surface area contributed by atoms with Gasteiger partial charge in [0.25, 0.3) is 0 Å². The first-order chi connectivity index (χ1) is 6.83. The van der Waals surface area contributed by atoms with Gasteiger partial charge in [-0.2, -0.15) is 5.10 Å². The zero-order chi connectivity index (χ0) is 10.2. The minimum Gasteiger partial charge on any atom is -0.314 e. The van der Waals surface area contributed by atoms with Crippen molar-refractivity contribution in [2.24, 2.45) is 0 Å². The molecular formula is C10H18FN3. The summed E-state index contributed by atoms with van der Waals surface area (Å²) in [6.45, 7) is 3.55. The quantitative estimate of drug-likeness (QED) is 0.676. The summed E-state index contributed by atoms with van der Waals surface area (Å²) in [6.07, 6.45) is 5.36. The molecule has 1 unspecified atom stereocenters. The van der Waals surface area contributed by atoms with Crippen LogP contribution in [0.15, 0.2) is 18.5 Å². The summed E-state index contributed by atoms with van der Waals surface area (Å²) in [4.78, 5) is 0. The van der Waals surface area contributed by atoms with Crippen molar-refractivity contribution in [3.05, 3.63) is 18.5 Å². The molecule has 0 fully saturated rings. The van der Waals surface area contributed by atoms with Gasteiger partial charge in [-0.1, -0.05) is 0 Å². The molecule has 1 heterocycles. The Morgan fingerprint density at radius 2 is 2.43 bits per heavy atom. The number of nitrogens with zero attached hydrogens (tertiary/aromatic N) is 2. The summed E-state index contributed by atoms with van der Waals surface area (Å²) < 4.78 is 13.7. The number of hydrogen-bond acceptors (Lipinski definition) is 2. The second-order valence-corrected chi connectivity index (χ2v) is 3.46. The molecule has 3 nitrogen and oxygen atoms in total. The Hall–Kier alpha value is -0.900. The molecule has 1 N–H and O–H groups in total. The van der Waals surface area contributed by atoms with Crippen LogP contribution >= 0.6 is 0 Å². The van der Waals surface area contributed by atoms with Crippen LogP contribution in [0.4, 0.5) is 4.39 Å². The lowest BCUT2D eigenvalue weighted by Crippen LogP contribution is -2.28. The minimum absolute atomic E-state index is 0.237. The first-order valence-corrected chi connectivity index (χ1v) is 5.09. The summed E-state index contributed by atoms with van der Waals surface area (Å²) in [5, 5.41) is 7.38. The van der Waals surface area contributed by atoms with Gasteiger partial charge in [0.2, 0.25) is 0 Å². The van der Waals surface area contributed by atoms with E-state index in [0.717, 1.165) is 19.5 Å². The number of nitrogens with one attached hydrogen (secondary N) is 1. The van der Waals surface area contributed by atoms with E-state index in [2.05, 4.69) is 17.3 Å². The van der Waals surface area contributed by atoms with Crippen LogP contribution in [0, 0.1) is 0 Å². The standard InChI is InChI=1S/C10H18FN3/c1-10(12-6-2-5-11)4-9-14-8-3-7-13-14/h3,7-8,10,12H,2,4-6,9H2,1H3. The van der Waals surface area contributed by atoms with Crippen molar-refractivity contribution < 1.29 is 4.39 Å². The maximum absolute atomic E-state index is 11.8. The lowest BCUT2D eigenvalue weighted by atomic mass is 10.2. The van der Waals surface area contributed by atoms with E-state index >= 15 is 0 Å². The van der Waals surface area contributed by atoms with Gasteiger partial charge < -0.3 is 5.32 Å². The summed E-state index contributed by atoms with van der Waals surface area (Å²) in [6, 6.07) is 2.34. The SMILES string of the molecule is CC(CCn1cccn1)NCCCF. The van der Waals surface area contributed by atoms with Crippen LogP contribution in [0.3, 0.4) is 0 Å². The van der Waals surface area contributed by atoms with Crippen LogP contribution in [0.5, 0.6) is 0 Å². The number of alkyl halides is 1. The molecule has 1 atom stereocenters. The van der Waals surface area contributed by atoms with Gasteiger partial charge in [0.05, 0.1) is 6.67 Å². The van der Waals surface area contributed by atoms with E-state index < -0.39 is 0 Å². The van der Waals surface area contributed by atoms with Crippen LogP contribution in [-0.2, 0) is 6.54 Å². The van der Waals surface area contributed by atoms with Crippen LogP contribution in [0.1, 0.15) is 19.8 Å². The highest BCUT2D eigenvalue weighted by atomic mass is 19.1. The van der Waals surface area contributed by atoms with Gasteiger partial charge in [-0.25, -0.2) is 0 Å². The fourth-order valence-corrected chi connectivity index (χ4v) is 1.28. The maximum Gasteiger partial charge on any atom is 0.0906 e. The van der Waals surface area contributed by atoms with Crippen molar-refractivity contribution in [1.29, 1.82) is 0 Å². The molecule has 0 radical (unpaired) electrons. The van der Waals surface area contributed by atoms with Gasteiger partial charge in [0, 0.05) is 25.0 Å². The Bertz CT molecular complexity index is 223. The van der Waals surface area contributed by atoms with Gasteiger partial charge in [-0.15, -0.1) is 0 Å². The summed E-state index contributed by atoms with van der Waals surface area (Å²) in [7, 11) is 0. The third kappa shape index (κ3) is 4.37. The predicted octanol–water partition coefficient (Wildman–Crippen LogP) is 1.61. The first-order valence-electron chi connectivity index (χ1n) is 5.09. The second kappa shape index (κ2) is 6.54. The van der Waals surface area contributed by atoms with Gasteiger partial charge in [-0.3, -0.25) is 9.07 Å². The molecule has 1 aromatic rings. The van der Waals surface area contributed by atoms with E-state index in [0.29, 0.717) is 12.5 Å². The van der Waals surface area contributed by atoms with Crippen molar-refractivity contribution in [2.45, 2.75) is 32.4 Å². The summed E-state index contributed by atoms with van der Waals surface area (Å²) >= 11 is 0. The average Bonchev–Trinajstić information content (AvgIpc) is 2.68. The Kier molecular flexibility index (Phi) is 5.22. The highest BCUT2D eigenvalue weighted by Gasteiger charge is 2.00. The van der Waals surface area contributed by atoms with E-state index in [-0.39, 0.29) is 6.67 Å². The van der Waals surface area contributed by atoms with Gasteiger partial charge in [-0.05, 0) is 32.4 Å². The average molecular weight is 199 g/mol. The highest BCUT2D eigenvalue weighted by Crippen LogP contribution is 1.95. The zero-order valence-corrected chi connectivity index (χ0v) is 8.62. The molecule has 0 aliphatic heterocycles. The van der Waals surface area contributed by atoms with Crippen molar-refractivity contribution in [3.8, 4) is 0 Å². The van der Waals surface area contributed by atoms with Crippen molar-refractivity contribution in [2.75, 3.05) is 13.2 Å². The Balaban J connectivity index is 2.06. The molecule has 1 aromatic heterocycles. The summed E-state index contributed by atoms with van der Waals surface area (Å²) in [5.74, 6) is 0. The van der Waals surface area contributed by atoms with Gasteiger partial charge >= 0.3 is 0 Å². The van der Waals surface area contributed by atoms with E-state index in [1.807, 2.05) is 16.9 Å². The molecule has 0 aliphatic carbocycles. The normalized spacial score (nSPS) is 13.0. The minimum atomic E-state index is -0.237. The van der Waals surface area contributed by atoms with Gasteiger partial charge in [0.15, 0.2) is 0 Å². The van der Waals surface area contributed by atoms with E-state index in [1.165, 1.54) is 0 Å². The van der Waals surface area contributed by atoms with E-state index in [1.54, 1.807) is 6.20 Å². The first kappa shape index (κ1) is 11.2. The predicted molar refractivity (Wildman–Crippen MR) is 54.9 cm³/mol. The number of rotatable bonds is 7. The van der Waals surface area contributed by atoms with Crippen LogP contribution in [0.25, 0.3) is 0 Å². The molecular weight excluding hydrogens is 181 g/mol. The lowest BCUT2D eigenvalue weighted by Gasteiger charge is -2.12. The van der Waals surface area contributed by atoms with E-state index in [4.69, 9.17) is 0 Å². The molecule has 0 bridgehead atoms. The monoisotopic (exact) mass is 199 g/mol. The number of aryl methyl sites for hydroxylation is 1. The Labute approximate surface area is 84.3 Å². The van der Waals surface area contributed by atoms with Crippen LogP contribution < -0.4 is 5.32 Å². The highest BCUT2D eigenvalue weighted by molar-refractivity contribution is 4.78. The third-order valence-electron chi connectivity index (χ3n) is 2.15. The fraction of sp³-hybridized carbons (Fsp3) is 0.700. The third-order valence-corrected chi connectivity index (χ3v) is 2.15. The molecule has 0 aromatic carbocycles. The molecule has 0 spiro atoms. The second-order valence-electron chi connectivity index (χ2n) is 3.46. The number of hydrogen-bond donors (Lipinski definition) is 1. The molecule has 80 valence electrons. The smallest absolute Gasteiger partial charge is 0.0906 e. The summed E-state index contributed by atoms with van der Waals surface area (Å²) in [5.41, 5.74) is 0. The number of halogens is 1. The Morgan fingerprint density at radius 1 is 1.57 bits per heavy atom. The zero-order valence-electron chi connectivity index (χ0n) is 8.62. The van der Waals surface area contributed by atoms with Crippen molar-refractivity contribution >= 4 is 0 Å². The topological polar surface area (TPSA) is 29.9 Å². The molecule has 1 rings (SSSR count). The lowest BCUT2D eigenvalue weighted by molar-refractivity contribution is 0.420. The van der Waals surface area contributed by atoms with Crippen molar-refractivity contribution in [3.63, 3.8) is 0 Å². The van der Waals surface area contributed by atoms with Crippen LogP contribution in [-0.4, -0.2) is 29.0 Å². The molecule has 4 heteroatoms. The van der Waals surface area contributed by atoms with Crippen LogP contribution in [0.2, 0.25) is 0 Å². The van der Waals surface area contributed by atoms with Crippen molar-refractivity contribution in [1.82, 2.24) is 15.1 Å². The molecule has 0 amide bonds. The largest absolute Gasteiger partial charge is 0.314 e. The fourth-order valence-electron chi connectivity index (χ4n) is 1.28. The molecule has 0 saturated carbocycles.